The summed E-state index contributed by atoms with van der Waals surface area (Å²) in [5.74, 6) is -0.663. The first-order chi connectivity index (χ1) is 7.89. The lowest BCUT2D eigenvalue weighted by Crippen LogP contribution is -2.28. The lowest BCUT2D eigenvalue weighted by Gasteiger charge is -2.16. The zero-order chi connectivity index (χ0) is 13.1. The van der Waals surface area contributed by atoms with Gasteiger partial charge < -0.3 is 5.11 Å². The minimum atomic E-state index is -3.68. The first-order valence-electron chi connectivity index (χ1n) is 4.92. The second kappa shape index (κ2) is 5.77. The van der Waals surface area contributed by atoms with Crippen LogP contribution in [0.4, 0.5) is 4.39 Å². The van der Waals surface area contributed by atoms with Crippen molar-refractivity contribution in [2.75, 3.05) is 20.2 Å². The van der Waals surface area contributed by atoms with Gasteiger partial charge in [-0.2, -0.15) is 0 Å². The summed E-state index contributed by atoms with van der Waals surface area (Å²) in [6.45, 7) is 0.0951. The number of aliphatic hydroxyl groups is 1. The van der Waals surface area contributed by atoms with E-state index in [2.05, 4.69) is 0 Å². The average molecular weight is 282 g/mol. The summed E-state index contributed by atoms with van der Waals surface area (Å²) in [4.78, 5) is -0.0654. The van der Waals surface area contributed by atoms with Gasteiger partial charge in [-0.3, -0.25) is 0 Å². The van der Waals surface area contributed by atoms with Gasteiger partial charge in [0.2, 0.25) is 10.0 Å². The molecule has 0 unspecified atom stereocenters. The zero-order valence-electron chi connectivity index (χ0n) is 9.23. The van der Waals surface area contributed by atoms with Gasteiger partial charge in [0.25, 0.3) is 0 Å². The minimum absolute atomic E-state index is 0.0654. The molecule has 7 heteroatoms. The van der Waals surface area contributed by atoms with E-state index < -0.39 is 15.8 Å². The molecule has 0 saturated carbocycles. The number of benzene rings is 1. The third-order valence-electron chi connectivity index (χ3n) is 2.23. The highest BCUT2D eigenvalue weighted by Crippen LogP contribution is 2.21. The Morgan fingerprint density at radius 1 is 1.47 bits per heavy atom. The van der Waals surface area contributed by atoms with Crippen LogP contribution in [0.2, 0.25) is 5.02 Å². The number of sulfonamides is 1. The second-order valence-corrected chi connectivity index (χ2v) is 5.93. The molecule has 0 fully saturated rings. The van der Waals surface area contributed by atoms with Gasteiger partial charge in [0.1, 0.15) is 5.82 Å². The predicted octanol–water partition coefficient (Wildman–Crippen LogP) is 1.48. The fraction of sp³-hybridized carbons (Fsp3) is 0.400. The molecule has 0 heterocycles. The monoisotopic (exact) mass is 281 g/mol. The van der Waals surface area contributed by atoms with Crippen LogP contribution in [-0.4, -0.2) is 38.0 Å². The van der Waals surface area contributed by atoms with Crippen LogP contribution in [0.25, 0.3) is 0 Å². The van der Waals surface area contributed by atoms with Gasteiger partial charge in [0.05, 0.1) is 9.92 Å². The van der Waals surface area contributed by atoms with Crippen molar-refractivity contribution in [3.05, 3.63) is 29.0 Å². The van der Waals surface area contributed by atoms with E-state index in [9.17, 15) is 12.8 Å². The number of aliphatic hydroxyl groups excluding tert-OH is 1. The average Bonchev–Trinajstić information content (AvgIpc) is 2.29. The molecule has 1 rings (SSSR count). The van der Waals surface area contributed by atoms with Crippen LogP contribution in [0.3, 0.4) is 0 Å². The van der Waals surface area contributed by atoms with Gasteiger partial charge in [-0.15, -0.1) is 0 Å². The number of halogens is 2. The summed E-state index contributed by atoms with van der Waals surface area (Å²) < 4.78 is 37.9. The molecule has 17 heavy (non-hydrogen) atoms. The Bertz CT molecular complexity index is 492. The summed E-state index contributed by atoms with van der Waals surface area (Å²) in [5.41, 5.74) is 0. The van der Waals surface area contributed by atoms with Crippen molar-refractivity contribution in [3.8, 4) is 0 Å². The molecule has 0 aliphatic carbocycles. The Morgan fingerprint density at radius 2 is 2.12 bits per heavy atom. The van der Waals surface area contributed by atoms with Crippen molar-refractivity contribution in [1.82, 2.24) is 4.31 Å². The molecular formula is C10H13ClFNO3S. The fourth-order valence-electron chi connectivity index (χ4n) is 1.23. The first kappa shape index (κ1) is 14.4. The van der Waals surface area contributed by atoms with Crippen LogP contribution in [0.5, 0.6) is 0 Å². The molecule has 0 bridgehead atoms. The topological polar surface area (TPSA) is 57.6 Å². The van der Waals surface area contributed by atoms with Crippen molar-refractivity contribution in [1.29, 1.82) is 0 Å². The number of rotatable bonds is 5. The SMILES string of the molecule is CN(CCCO)S(=O)(=O)c1ccc(F)c(Cl)c1. The summed E-state index contributed by atoms with van der Waals surface area (Å²) in [5, 5.41) is 8.41. The van der Waals surface area contributed by atoms with Crippen LogP contribution in [-0.2, 0) is 10.0 Å². The van der Waals surface area contributed by atoms with Gasteiger partial charge in [-0.1, -0.05) is 11.6 Å². The maximum absolute atomic E-state index is 12.9. The second-order valence-electron chi connectivity index (χ2n) is 3.48. The molecule has 0 atom stereocenters. The summed E-state index contributed by atoms with van der Waals surface area (Å²) >= 11 is 5.53. The van der Waals surface area contributed by atoms with Crippen LogP contribution >= 0.6 is 11.6 Å². The van der Waals surface area contributed by atoms with E-state index in [0.29, 0.717) is 6.42 Å². The molecule has 0 aliphatic heterocycles. The lowest BCUT2D eigenvalue weighted by molar-refractivity contribution is 0.275. The van der Waals surface area contributed by atoms with Gasteiger partial charge in [-0.25, -0.2) is 17.1 Å². The third kappa shape index (κ3) is 3.38. The molecule has 1 aromatic carbocycles. The molecule has 0 aliphatic rings. The molecule has 0 amide bonds. The molecule has 1 N–H and O–H groups in total. The Hall–Kier alpha value is -0.690. The maximum Gasteiger partial charge on any atom is 0.242 e. The van der Waals surface area contributed by atoms with Gasteiger partial charge in [-0.05, 0) is 24.6 Å². The Labute approximate surface area is 105 Å². The maximum atomic E-state index is 12.9. The smallest absolute Gasteiger partial charge is 0.242 e. The summed E-state index contributed by atoms with van der Waals surface area (Å²) in [7, 11) is -2.29. The highest BCUT2D eigenvalue weighted by Gasteiger charge is 2.21. The van der Waals surface area contributed by atoms with Gasteiger partial charge >= 0.3 is 0 Å². The largest absolute Gasteiger partial charge is 0.396 e. The highest BCUT2D eigenvalue weighted by atomic mass is 35.5. The van der Waals surface area contributed by atoms with E-state index in [1.807, 2.05) is 0 Å². The lowest BCUT2D eigenvalue weighted by atomic mass is 10.3. The van der Waals surface area contributed by atoms with Crippen LogP contribution < -0.4 is 0 Å². The van der Waals surface area contributed by atoms with E-state index in [0.717, 1.165) is 22.5 Å². The number of nitrogens with zero attached hydrogens (tertiary/aromatic N) is 1. The van der Waals surface area contributed by atoms with E-state index in [-0.39, 0.29) is 23.1 Å². The summed E-state index contributed by atoms with van der Waals surface area (Å²) in [6.07, 6.45) is 0.338. The van der Waals surface area contributed by atoms with E-state index in [4.69, 9.17) is 16.7 Å². The Kier molecular flexibility index (Phi) is 4.88. The van der Waals surface area contributed by atoms with Crippen molar-refractivity contribution in [2.24, 2.45) is 0 Å². The van der Waals surface area contributed by atoms with E-state index in [1.54, 1.807) is 0 Å². The summed E-state index contributed by atoms with van der Waals surface area (Å²) in [6, 6.07) is 3.24. The van der Waals surface area contributed by atoms with Gasteiger partial charge in [0, 0.05) is 20.2 Å². The molecule has 0 saturated heterocycles. The van der Waals surface area contributed by atoms with Crippen molar-refractivity contribution < 1.29 is 17.9 Å². The zero-order valence-corrected chi connectivity index (χ0v) is 10.8. The number of hydrogen-bond acceptors (Lipinski definition) is 3. The van der Waals surface area contributed by atoms with Crippen molar-refractivity contribution in [3.63, 3.8) is 0 Å². The van der Waals surface area contributed by atoms with Crippen LogP contribution in [0.15, 0.2) is 23.1 Å². The number of hydrogen-bond donors (Lipinski definition) is 1. The van der Waals surface area contributed by atoms with Crippen LogP contribution in [0.1, 0.15) is 6.42 Å². The molecule has 1 aromatic rings. The van der Waals surface area contributed by atoms with Gasteiger partial charge in [0.15, 0.2) is 0 Å². The van der Waals surface area contributed by atoms with Crippen LogP contribution in [0, 0.1) is 5.82 Å². The molecule has 0 aromatic heterocycles. The van der Waals surface area contributed by atoms with Crippen molar-refractivity contribution in [2.45, 2.75) is 11.3 Å². The predicted molar refractivity (Wildman–Crippen MR) is 62.9 cm³/mol. The quantitative estimate of drug-likeness (QED) is 0.889. The molecule has 4 nitrogen and oxygen atoms in total. The Balaban J connectivity index is 3.00. The molecule has 0 radical (unpaired) electrons. The molecular weight excluding hydrogens is 269 g/mol. The third-order valence-corrected chi connectivity index (χ3v) is 4.37. The Morgan fingerprint density at radius 3 is 2.65 bits per heavy atom. The fourth-order valence-corrected chi connectivity index (χ4v) is 2.71. The normalized spacial score (nSPS) is 12.1. The van der Waals surface area contributed by atoms with Crippen molar-refractivity contribution >= 4 is 21.6 Å². The molecule has 96 valence electrons. The minimum Gasteiger partial charge on any atom is -0.396 e. The first-order valence-corrected chi connectivity index (χ1v) is 6.73. The standard InChI is InChI=1S/C10H13ClFNO3S/c1-13(5-2-6-14)17(15,16)8-3-4-10(12)9(11)7-8/h3-4,7,14H,2,5-6H2,1H3. The molecule has 0 spiro atoms. The van der Waals surface area contributed by atoms with E-state index in [1.165, 1.54) is 7.05 Å². The highest BCUT2D eigenvalue weighted by molar-refractivity contribution is 7.89. The van der Waals surface area contributed by atoms with E-state index >= 15 is 0 Å².